The maximum Gasteiger partial charge on any atom is 0.253 e. The van der Waals surface area contributed by atoms with Gasteiger partial charge in [-0.05, 0) is 38.1 Å². The van der Waals surface area contributed by atoms with E-state index in [9.17, 15) is 14.0 Å². The molecule has 0 radical (unpaired) electrons. The lowest BCUT2D eigenvalue weighted by Crippen LogP contribution is -2.52. The Bertz CT molecular complexity index is 544. The summed E-state index contributed by atoms with van der Waals surface area (Å²) in [4.78, 5) is 27.8. The molecule has 0 bridgehead atoms. The van der Waals surface area contributed by atoms with Crippen molar-refractivity contribution in [3.63, 3.8) is 0 Å². The summed E-state index contributed by atoms with van der Waals surface area (Å²) >= 11 is 0. The highest BCUT2D eigenvalue weighted by Crippen LogP contribution is 2.13. The summed E-state index contributed by atoms with van der Waals surface area (Å²) in [7, 11) is 0. The van der Waals surface area contributed by atoms with Crippen LogP contribution in [0, 0.1) is 5.82 Å². The number of benzene rings is 1. The van der Waals surface area contributed by atoms with E-state index in [4.69, 9.17) is 5.73 Å². The van der Waals surface area contributed by atoms with E-state index in [1.165, 1.54) is 24.3 Å². The zero-order chi connectivity index (χ0) is 16.3. The van der Waals surface area contributed by atoms with Gasteiger partial charge in [-0.1, -0.05) is 0 Å². The highest BCUT2D eigenvalue weighted by molar-refractivity contribution is 5.94. The predicted molar refractivity (Wildman–Crippen MR) is 81.8 cm³/mol. The number of nitrogens with zero attached hydrogens (tertiary/aromatic N) is 2. The third-order valence-electron chi connectivity index (χ3n) is 3.62. The third kappa shape index (κ3) is 4.27. The summed E-state index contributed by atoms with van der Waals surface area (Å²) in [6, 6.07) is 5.50. The standard InChI is InChI=1S/C16H22FN3O2/c1-16(2,18)11-14(21)19-7-9-20(10-8-19)15(22)12-3-5-13(17)6-4-12/h3-6H,7-11,18H2,1-2H3. The third-order valence-corrected chi connectivity index (χ3v) is 3.62. The molecule has 1 saturated heterocycles. The molecule has 120 valence electrons. The predicted octanol–water partition coefficient (Wildman–Crippen LogP) is 1.24. The van der Waals surface area contributed by atoms with E-state index in [1.807, 2.05) is 13.8 Å². The first kappa shape index (κ1) is 16.4. The summed E-state index contributed by atoms with van der Waals surface area (Å²) in [6.45, 7) is 5.60. The van der Waals surface area contributed by atoms with Gasteiger partial charge in [-0.25, -0.2) is 4.39 Å². The van der Waals surface area contributed by atoms with Crippen molar-refractivity contribution in [3.8, 4) is 0 Å². The SMILES string of the molecule is CC(C)(N)CC(=O)N1CCN(C(=O)c2ccc(F)cc2)CC1. The van der Waals surface area contributed by atoms with Gasteiger partial charge in [-0.3, -0.25) is 9.59 Å². The van der Waals surface area contributed by atoms with E-state index in [2.05, 4.69) is 0 Å². The lowest BCUT2D eigenvalue weighted by atomic mass is 10.0. The summed E-state index contributed by atoms with van der Waals surface area (Å²) in [5, 5.41) is 0. The van der Waals surface area contributed by atoms with Gasteiger partial charge in [0.05, 0.1) is 0 Å². The molecule has 2 N–H and O–H groups in total. The molecule has 22 heavy (non-hydrogen) atoms. The van der Waals surface area contributed by atoms with Crippen LogP contribution in [0.2, 0.25) is 0 Å². The van der Waals surface area contributed by atoms with Gasteiger partial charge in [0, 0.05) is 43.7 Å². The molecule has 1 aliphatic rings. The van der Waals surface area contributed by atoms with E-state index in [0.717, 1.165) is 0 Å². The molecular formula is C16H22FN3O2. The van der Waals surface area contributed by atoms with Gasteiger partial charge >= 0.3 is 0 Å². The van der Waals surface area contributed by atoms with Crippen molar-refractivity contribution in [2.45, 2.75) is 25.8 Å². The number of piperazine rings is 1. The average Bonchev–Trinajstić information content (AvgIpc) is 2.46. The second-order valence-electron chi connectivity index (χ2n) is 6.35. The maximum atomic E-state index is 12.9. The van der Waals surface area contributed by atoms with Crippen LogP contribution in [-0.2, 0) is 4.79 Å². The zero-order valence-electron chi connectivity index (χ0n) is 13.0. The molecule has 2 rings (SSSR count). The Hall–Kier alpha value is -1.95. The van der Waals surface area contributed by atoms with Crippen LogP contribution >= 0.6 is 0 Å². The minimum Gasteiger partial charge on any atom is -0.339 e. The number of carbonyl (C=O) groups is 2. The zero-order valence-corrected chi connectivity index (χ0v) is 13.0. The molecule has 1 aliphatic heterocycles. The fourth-order valence-electron chi connectivity index (χ4n) is 2.44. The topological polar surface area (TPSA) is 66.6 Å². The van der Waals surface area contributed by atoms with Crippen LogP contribution in [-0.4, -0.2) is 53.3 Å². The largest absolute Gasteiger partial charge is 0.339 e. The molecule has 0 aromatic heterocycles. The molecule has 0 spiro atoms. The van der Waals surface area contributed by atoms with Crippen LogP contribution in [0.15, 0.2) is 24.3 Å². The maximum absolute atomic E-state index is 12.9. The minimum atomic E-state index is -0.530. The Morgan fingerprint density at radius 3 is 2.09 bits per heavy atom. The quantitative estimate of drug-likeness (QED) is 0.913. The Morgan fingerprint density at radius 1 is 1.09 bits per heavy atom. The van der Waals surface area contributed by atoms with Gasteiger partial charge in [0.1, 0.15) is 5.82 Å². The smallest absolute Gasteiger partial charge is 0.253 e. The molecule has 6 heteroatoms. The summed E-state index contributed by atoms with van der Waals surface area (Å²) in [5.74, 6) is -0.482. The first-order valence-corrected chi connectivity index (χ1v) is 7.38. The van der Waals surface area contributed by atoms with E-state index >= 15 is 0 Å². The van der Waals surface area contributed by atoms with Crippen LogP contribution in [0.1, 0.15) is 30.6 Å². The number of rotatable bonds is 3. The van der Waals surface area contributed by atoms with Crippen LogP contribution in [0.4, 0.5) is 4.39 Å². The molecule has 1 aromatic rings. The first-order valence-electron chi connectivity index (χ1n) is 7.38. The van der Waals surface area contributed by atoms with Crippen molar-refractivity contribution in [3.05, 3.63) is 35.6 Å². The molecule has 2 amide bonds. The van der Waals surface area contributed by atoms with E-state index in [-0.39, 0.29) is 17.6 Å². The van der Waals surface area contributed by atoms with Crippen molar-refractivity contribution >= 4 is 11.8 Å². The number of hydrogen-bond donors (Lipinski definition) is 1. The molecule has 0 atom stereocenters. The summed E-state index contributed by atoms with van der Waals surface area (Å²) < 4.78 is 12.9. The number of nitrogens with two attached hydrogens (primary N) is 1. The van der Waals surface area contributed by atoms with Gasteiger partial charge in [-0.15, -0.1) is 0 Å². The number of halogens is 1. The highest BCUT2D eigenvalue weighted by atomic mass is 19.1. The van der Waals surface area contributed by atoms with Crippen LogP contribution in [0.3, 0.4) is 0 Å². The lowest BCUT2D eigenvalue weighted by Gasteiger charge is -2.36. The molecular weight excluding hydrogens is 285 g/mol. The van der Waals surface area contributed by atoms with Gasteiger partial charge < -0.3 is 15.5 Å². The average molecular weight is 307 g/mol. The highest BCUT2D eigenvalue weighted by Gasteiger charge is 2.27. The Morgan fingerprint density at radius 2 is 1.59 bits per heavy atom. The van der Waals surface area contributed by atoms with Crippen molar-refractivity contribution in [1.82, 2.24) is 9.80 Å². The van der Waals surface area contributed by atoms with Crippen LogP contribution < -0.4 is 5.73 Å². The Kier molecular flexibility index (Phi) is 4.81. The van der Waals surface area contributed by atoms with E-state index in [1.54, 1.807) is 9.80 Å². The minimum absolute atomic E-state index is 0.0152. The molecule has 1 heterocycles. The van der Waals surface area contributed by atoms with E-state index in [0.29, 0.717) is 38.2 Å². The number of amides is 2. The number of carbonyl (C=O) groups excluding carboxylic acids is 2. The Balaban J connectivity index is 1.90. The van der Waals surface area contributed by atoms with Gasteiger partial charge in [0.15, 0.2) is 0 Å². The molecule has 5 nitrogen and oxygen atoms in total. The number of hydrogen-bond acceptors (Lipinski definition) is 3. The molecule has 0 saturated carbocycles. The van der Waals surface area contributed by atoms with Crippen molar-refractivity contribution < 1.29 is 14.0 Å². The molecule has 1 aromatic carbocycles. The van der Waals surface area contributed by atoms with Crippen molar-refractivity contribution in [2.75, 3.05) is 26.2 Å². The van der Waals surface area contributed by atoms with Crippen LogP contribution in [0.25, 0.3) is 0 Å². The molecule has 1 fully saturated rings. The lowest BCUT2D eigenvalue weighted by molar-refractivity contribution is -0.133. The molecule has 0 unspecified atom stereocenters. The monoisotopic (exact) mass is 307 g/mol. The Labute approximate surface area is 129 Å². The second-order valence-corrected chi connectivity index (χ2v) is 6.35. The first-order chi connectivity index (χ1) is 10.3. The van der Waals surface area contributed by atoms with Crippen molar-refractivity contribution in [1.29, 1.82) is 0 Å². The second kappa shape index (κ2) is 6.44. The van der Waals surface area contributed by atoms with Gasteiger partial charge in [-0.2, -0.15) is 0 Å². The van der Waals surface area contributed by atoms with Gasteiger partial charge in [0.25, 0.3) is 5.91 Å². The summed E-state index contributed by atoms with van der Waals surface area (Å²) in [5.41, 5.74) is 5.80. The summed E-state index contributed by atoms with van der Waals surface area (Å²) in [6.07, 6.45) is 0.291. The van der Waals surface area contributed by atoms with Gasteiger partial charge in [0.2, 0.25) is 5.91 Å². The van der Waals surface area contributed by atoms with Crippen molar-refractivity contribution in [2.24, 2.45) is 5.73 Å². The molecule has 0 aliphatic carbocycles. The fraction of sp³-hybridized carbons (Fsp3) is 0.500. The normalized spacial score (nSPS) is 15.8. The van der Waals surface area contributed by atoms with E-state index < -0.39 is 5.54 Å². The van der Waals surface area contributed by atoms with Crippen LogP contribution in [0.5, 0.6) is 0 Å². The fourth-order valence-corrected chi connectivity index (χ4v) is 2.44.